The van der Waals surface area contributed by atoms with Crippen LogP contribution in [0, 0.1) is 6.92 Å². The summed E-state index contributed by atoms with van der Waals surface area (Å²) in [6, 6.07) is 0. The molecule has 0 N–H and O–H groups in total. The molecule has 1 saturated heterocycles. The number of hydrogen-bond acceptors (Lipinski definition) is 6. The second kappa shape index (κ2) is 7.26. The van der Waals surface area contributed by atoms with E-state index in [1.165, 1.54) is 6.20 Å². The van der Waals surface area contributed by atoms with Crippen molar-refractivity contribution in [2.24, 2.45) is 7.05 Å². The molecule has 0 unspecified atom stereocenters. The summed E-state index contributed by atoms with van der Waals surface area (Å²) < 4.78 is 4.08. The summed E-state index contributed by atoms with van der Waals surface area (Å²) in [4.78, 5) is 26.9. The summed E-state index contributed by atoms with van der Waals surface area (Å²) in [6.07, 6.45) is 10.3. The molecule has 0 radical (unpaired) electrons. The van der Waals surface area contributed by atoms with Crippen LogP contribution >= 0.6 is 0 Å². The molecule has 1 aliphatic rings. The molecule has 27 heavy (non-hydrogen) atoms. The summed E-state index contributed by atoms with van der Waals surface area (Å²) in [5.41, 5.74) is 0.382. The van der Waals surface area contributed by atoms with E-state index in [1.807, 2.05) is 34.2 Å². The monoisotopic (exact) mass is 366 g/mol. The quantitative estimate of drug-likeness (QED) is 0.688. The molecule has 0 saturated carbocycles. The number of nitrogens with zero attached hydrogens (tertiary/aromatic N) is 8. The maximum absolute atomic E-state index is 12.7. The highest BCUT2D eigenvalue weighted by molar-refractivity contribution is 5.92. The SMILES string of the molecule is Cc1nccn1Cc1nnc([C@H]2CCCN(C(=O)c3cnccn3)C2)n1C. The number of carbonyl (C=O) groups is 1. The normalized spacial score (nSPS) is 17.3. The predicted molar refractivity (Wildman–Crippen MR) is 97.0 cm³/mol. The Morgan fingerprint density at radius 2 is 2.11 bits per heavy atom. The van der Waals surface area contributed by atoms with Crippen molar-refractivity contribution in [1.82, 2.24) is 39.2 Å². The fraction of sp³-hybridized carbons (Fsp3) is 0.444. The summed E-state index contributed by atoms with van der Waals surface area (Å²) in [7, 11) is 1.99. The van der Waals surface area contributed by atoms with E-state index in [0.717, 1.165) is 36.9 Å². The maximum Gasteiger partial charge on any atom is 0.274 e. The number of hydrogen-bond donors (Lipinski definition) is 0. The van der Waals surface area contributed by atoms with Crippen LogP contribution in [0.3, 0.4) is 0 Å². The van der Waals surface area contributed by atoms with E-state index >= 15 is 0 Å². The Labute approximate surface area is 157 Å². The fourth-order valence-corrected chi connectivity index (χ4v) is 3.54. The largest absolute Gasteiger partial charge is 0.337 e. The highest BCUT2D eigenvalue weighted by Gasteiger charge is 2.29. The Hall–Kier alpha value is -3.10. The first-order chi connectivity index (χ1) is 13.1. The van der Waals surface area contributed by atoms with E-state index < -0.39 is 0 Å². The molecule has 1 amide bonds. The summed E-state index contributed by atoms with van der Waals surface area (Å²) >= 11 is 0. The number of carbonyl (C=O) groups excluding carboxylic acids is 1. The van der Waals surface area contributed by atoms with E-state index in [1.54, 1.807) is 18.6 Å². The highest BCUT2D eigenvalue weighted by atomic mass is 16.2. The van der Waals surface area contributed by atoms with Crippen molar-refractivity contribution in [2.75, 3.05) is 13.1 Å². The van der Waals surface area contributed by atoms with Gasteiger partial charge in [0.1, 0.15) is 17.3 Å². The predicted octanol–water partition coefficient (Wildman–Crippen LogP) is 1.18. The van der Waals surface area contributed by atoms with Crippen LogP contribution in [0.25, 0.3) is 0 Å². The molecule has 0 bridgehead atoms. The van der Waals surface area contributed by atoms with Crippen molar-refractivity contribution in [2.45, 2.75) is 32.2 Å². The number of rotatable bonds is 4. The van der Waals surface area contributed by atoms with Gasteiger partial charge in [-0.1, -0.05) is 0 Å². The first kappa shape index (κ1) is 17.3. The van der Waals surface area contributed by atoms with Crippen molar-refractivity contribution in [3.8, 4) is 0 Å². The van der Waals surface area contributed by atoms with Gasteiger partial charge in [0.25, 0.3) is 5.91 Å². The Kier molecular flexibility index (Phi) is 4.66. The number of likely N-dealkylation sites (tertiary alicyclic amines) is 1. The van der Waals surface area contributed by atoms with Gasteiger partial charge in [0.05, 0.1) is 12.7 Å². The smallest absolute Gasteiger partial charge is 0.274 e. The zero-order valence-electron chi connectivity index (χ0n) is 15.5. The van der Waals surface area contributed by atoms with E-state index in [4.69, 9.17) is 0 Å². The van der Waals surface area contributed by atoms with Crippen LogP contribution in [0.2, 0.25) is 0 Å². The lowest BCUT2D eigenvalue weighted by Crippen LogP contribution is -2.40. The third-order valence-electron chi connectivity index (χ3n) is 5.09. The topological polar surface area (TPSA) is 94.6 Å². The molecule has 1 aliphatic heterocycles. The average molecular weight is 366 g/mol. The average Bonchev–Trinajstić information content (AvgIpc) is 3.28. The molecule has 0 spiro atoms. The number of imidazole rings is 1. The first-order valence-electron chi connectivity index (χ1n) is 9.04. The van der Waals surface area contributed by atoms with E-state index in [0.29, 0.717) is 18.8 Å². The van der Waals surface area contributed by atoms with Crippen LogP contribution in [0.15, 0.2) is 31.0 Å². The van der Waals surface area contributed by atoms with Crippen LogP contribution < -0.4 is 0 Å². The second-order valence-corrected chi connectivity index (χ2v) is 6.82. The van der Waals surface area contributed by atoms with Crippen LogP contribution in [-0.2, 0) is 13.6 Å². The van der Waals surface area contributed by atoms with Crippen LogP contribution in [0.5, 0.6) is 0 Å². The Morgan fingerprint density at radius 1 is 1.22 bits per heavy atom. The first-order valence-corrected chi connectivity index (χ1v) is 9.04. The summed E-state index contributed by atoms with van der Waals surface area (Å²) in [6.45, 7) is 3.94. The lowest BCUT2D eigenvalue weighted by molar-refractivity contribution is 0.0697. The Bertz CT molecular complexity index is 932. The van der Waals surface area contributed by atoms with Crippen molar-refractivity contribution in [3.05, 3.63) is 54.2 Å². The van der Waals surface area contributed by atoms with Gasteiger partial charge in [0, 0.05) is 50.8 Å². The van der Waals surface area contributed by atoms with Gasteiger partial charge in [-0.15, -0.1) is 10.2 Å². The molecule has 0 aliphatic carbocycles. The molecule has 4 heterocycles. The second-order valence-electron chi connectivity index (χ2n) is 6.82. The van der Waals surface area contributed by atoms with Gasteiger partial charge in [-0.3, -0.25) is 9.78 Å². The molecule has 3 aromatic heterocycles. The number of aromatic nitrogens is 7. The van der Waals surface area contributed by atoms with Crippen molar-refractivity contribution in [3.63, 3.8) is 0 Å². The molecule has 3 aromatic rings. The van der Waals surface area contributed by atoms with Crippen molar-refractivity contribution >= 4 is 5.91 Å². The highest BCUT2D eigenvalue weighted by Crippen LogP contribution is 2.26. The van der Waals surface area contributed by atoms with Gasteiger partial charge in [0.2, 0.25) is 0 Å². The number of piperidine rings is 1. The minimum atomic E-state index is -0.0794. The van der Waals surface area contributed by atoms with Gasteiger partial charge in [0.15, 0.2) is 5.82 Å². The minimum Gasteiger partial charge on any atom is -0.337 e. The summed E-state index contributed by atoms with van der Waals surface area (Å²) in [5.74, 6) is 2.82. The summed E-state index contributed by atoms with van der Waals surface area (Å²) in [5, 5.41) is 8.80. The standard InChI is InChI=1S/C18H22N8O/c1-13-20-7-9-25(13)12-16-22-23-17(24(16)2)14-4-3-8-26(11-14)18(27)15-10-19-5-6-21-15/h5-7,9-10,14H,3-4,8,11-12H2,1-2H3/t14-/m0/s1. The number of amides is 1. The lowest BCUT2D eigenvalue weighted by Gasteiger charge is -2.32. The Morgan fingerprint density at radius 3 is 2.85 bits per heavy atom. The molecule has 4 rings (SSSR count). The maximum atomic E-state index is 12.7. The molecular weight excluding hydrogens is 344 g/mol. The van der Waals surface area contributed by atoms with Gasteiger partial charge >= 0.3 is 0 Å². The van der Waals surface area contributed by atoms with Gasteiger partial charge in [-0.25, -0.2) is 9.97 Å². The molecular formula is C18H22N8O. The number of aryl methyl sites for hydroxylation is 1. The van der Waals surface area contributed by atoms with Gasteiger partial charge in [-0.2, -0.15) is 0 Å². The molecule has 9 heteroatoms. The van der Waals surface area contributed by atoms with Gasteiger partial charge < -0.3 is 14.0 Å². The van der Waals surface area contributed by atoms with E-state index in [-0.39, 0.29) is 11.8 Å². The Balaban J connectivity index is 1.50. The molecule has 1 fully saturated rings. The molecule has 1 atom stereocenters. The van der Waals surface area contributed by atoms with Crippen LogP contribution in [-0.4, -0.2) is 58.2 Å². The van der Waals surface area contributed by atoms with Crippen LogP contribution in [0.1, 0.15) is 46.7 Å². The zero-order valence-corrected chi connectivity index (χ0v) is 15.5. The fourth-order valence-electron chi connectivity index (χ4n) is 3.54. The van der Waals surface area contributed by atoms with E-state index in [2.05, 4.69) is 25.1 Å². The third kappa shape index (κ3) is 3.44. The van der Waals surface area contributed by atoms with Crippen molar-refractivity contribution in [1.29, 1.82) is 0 Å². The van der Waals surface area contributed by atoms with Crippen LogP contribution in [0.4, 0.5) is 0 Å². The molecule has 9 nitrogen and oxygen atoms in total. The lowest BCUT2D eigenvalue weighted by atomic mass is 9.97. The zero-order chi connectivity index (χ0) is 18.8. The molecule has 140 valence electrons. The van der Waals surface area contributed by atoms with Gasteiger partial charge in [-0.05, 0) is 19.8 Å². The molecule has 0 aromatic carbocycles. The van der Waals surface area contributed by atoms with E-state index in [9.17, 15) is 4.79 Å². The third-order valence-corrected chi connectivity index (χ3v) is 5.09. The minimum absolute atomic E-state index is 0.0794. The van der Waals surface area contributed by atoms with Crippen molar-refractivity contribution < 1.29 is 4.79 Å².